The molecule has 2 aromatic heterocycles. The number of alkyl halides is 3. The summed E-state index contributed by atoms with van der Waals surface area (Å²) in [6, 6.07) is 7.02. The number of hydrogen-bond donors (Lipinski definition) is 0. The van der Waals surface area contributed by atoms with Crippen LogP contribution in [0.3, 0.4) is 0 Å². The highest BCUT2D eigenvalue weighted by molar-refractivity contribution is 9.10. The van der Waals surface area contributed by atoms with Gasteiger partial charge in [-0.3, -0.25) is 9.69 Å². The van der Waals surface area contributed by atoms with Crippen molar-refractivity contribution in [1.29, 1.82) is 0 Å². The topological polar surface area (TPSA) is 56.0 Å². The average molecular weight is 468 g/mol. The Morgan fingerprint density at radius 2 is 1.90 bits per heavy atom. The predicted octanol–water partition coefficient (Wildman–Crippen LogP) is 4.31. The van der Waals surface area contributed by atoms with Gasteiger partial charge in [0.1, 0.15) is 16.2 Å². The number of hydrogen-bond acceptors (Lipinski definition) is 3. The van der Waals surface area contributed by atoms with Gasteiger partial charge < -0.3 is 4.57 Å². The Hall–Kier alpha value is -2.62. The van der Waals surface area contributed by atoms with Gasteiger partial charge in [-0.2, -0.15) is 18.3 Å². The van der Waals surface area contributed by atoms with Gasteiger partial charge in [-0.25, -0.2) is 9.67 Å². The van der Waals surface area contributed by atoms with Gasteiger partial charge in [-0.15, -0.1) is 0 Å². The molecule has 3 aromatic rings. The Balaban J connectivity index is 1.60. The van der Waals surface area contributed by atoms with Crippen LogP contribution in [0, 0.1) is 6.92 Å². The Morgan fingerprint density at radius 1 is 1.21 bits per heavy atom. The second kappa shape index (κ2) is 7.01. The van der Waals surface area contributed by atoms with Crippen molar-refractivity contribution in [2.45, 2.75) is 32.6 Å². The first-order valence-corrected chi connectivity index (χ1v) is 9.67. The molecule has 29 heavy (non-hydrogen) atoms. The molecule has 1 amide bonds. The standard InChI is InChI=1S/C19H17BrF3N5O/c1-11-16(20)25-28-8-7-15(29)27(18(11)28)9-12-3-5-13(6-4-12)17-24-14(10-26(17)2)19(21,22)23/h3-6,10H,7-9H2,1-2H3. The van der Waals surface area contributed by atoms with Crippen molar-refractivity contribution < 1.29 is 18.0 Å². The van der Waals surface area contributed by atoms with Gasteiger partial charge in [0.25, 0.3) is 0 Å². The van der Waals surface area contributed by atoms with Crippen molar-refractivity contribution >= 4 is 27.7 Å². The van der Waals surface area contributed by atoms with Crippen LogP contribution < -0.4 is 4.90 Å². The largest absolute Gasteiger partial charge is 0.434 e. The SMILES string of the molecule is Cc1c(Br)nn2c1N(Cc1ccc(-c3nc(C(F)(F)F)cn3C)cc1)C(=O)CC2. The lowest BCUT2D eigenvalue weighted by atomic mass is 10.1. The Bertz CT molecular complexity index is 1080. The molecule has 6 nitrogen and oxygen atoms in total. The van der Waals surface area contributed by atoms with E-state index in [0.29, 0.717) is 29.7 Å². The summed E-state index contributed by atoms with van der Waals surface area (Å²) in [5.74, 6) is 1.00. The number of carbonyl (C=O) groups is 1. The maximum Gasteiger partial charge on any atom is 0.434 e. The van der Waals surface area contributed by atoms with Crippen LogP contribution in [0.1, 0.15) is 23.2 Å². The third-order valence-electron chi connectivity index (χ3n) is 4.91. The summed E-state index contributed by atoms with van der Waals surface area (Å²) in [7, 11) is 1.53. The number of rotatable bonds is 3. The third-order valence-corrected chi connectivity index (χ3v) is 5.67. The van der Waals surface area contributed by atoms with Crippen LogP contribution in [0.4, 0.5) is 19.0 Å². The molecular formula is C19H17BrF3N5O. The smallest absolute Gasteiger partial charge is 0.333 e. The molecule has 152 valence electrons. The maximum absolute atomic E-state index is 12.9. The van der Waals surface area contributed by atoms with Crippen molar-refractivity contribution in [3.63, 3.8) is 0 Å². The summed E-state index contributed by atoms with van der Waals surface area (Å²) < 4.78 is 42.5. The van der Waals surface area contributed by atoms with E-state index in [1.54, 1.807) is 29.2 Å². The molecule has 1 aliphatic rings. The van der Waals surface area contributed by atoms with E-state index in [-0.39, 0.29) is 11.7 Å². The molecule has 4 rings (SSSR count). The minimum atomic E-state index is -4.49. The zero-order valence-corrected chi connectivity index (χ0v) is 17.3. The van der Waals surface area contributed by atoms with Gasteiger partial charge in [-0.05, 0) is 28.4 Å². The summed E-state index contributed by atoms with van der Waals surface area (Å²) in [4.78, 5) is 17.9. The normalized spacial score (nSPS) is 14.4. The molecule has 0 aliphatic carbocycles. The summed E-state index contributed by atoms with van der Waals surface area (Å²) in [6.45, 7) is 2.79. The van der Waals surface area contributed by atoms with Crippen LogP contribution >= 0.6 is 15.9 Å². The first kappa shape index (κ1) is 19.7. The Kier molecular flexibility index (Phi) is 4.76. The minimum absolute atomic E-state index is 0.0102. The van der Waals surface area contributed by atoms with E-state index in [0.717, 1.165) is 23.1 Å². The van der Waals surface area contributed by atoms with E-state index in [4.69, 9.17) is 0 Å². The highest BCUT2D eigenvalue weighted by Crippen LogP contribution is 2.33. The minimum Gasteiger partial charge on any atom is -0.333 e. The zero-order chi connectivity index (χ0) is 20.9. The number of fused-ring (bicyclic) bond motifs is 1. The van der Waals surface area contributed by atoms with E-state index >= 15 is 0 Å². The molecule has 1 aromatic carbocycles. The molecule has 0 bridgehead atoms. The van der Waals surface area contributed by atoms with Gasteiger partial charge in [0, 0.05) is 30.8 Å². The second-order valence-electron chi connectivity index (χ2n) is 6.95. The average Bonchev–Trinajstić information content (AvgIpc) is 3.19. The van der Waals surface area contributed by atoms with Crippen molar-refractivity contribution in [2.24, 2.45) is 7.05 Å². The lowest BCUT2D eigenvalue weighted by molar-refractivity contribution is -0.140. The van der Waals surface area contributed by atoms with Crippen LogP contribution in [0.25, 0.3) is 11.4 Å². The van der Waals surface area contributed by atoms with E-state index < -0.39 is 11.9 Å². The zero-order valence-electron chi connectivity index (χ0n) is 15.7. The maximum atomic E-state index is 12.9. The fourth-order valence-corrected chi connectivity index (χ4v) is 3.81. The monoisotopic (exact) mass is 467 g/mol. The molecule has 0 N–H and O–H groups in total. The molecular weight excluding hydrogens is 451 g/mol. The molecule has 0 fully saturated rings. The summed E-state index contributed by atoms with van der Waals surface area (Å²) in [6.07, 6.45) is -3.15. The van der Waals surface area contributed by atoms with Gasteiger partial charge >= 0.3 is 6.18 Å². The summed E-state index contributed by atoms with van der Waals surface area (Å²) in [5, 5.41) is 4.40. The van der Waals surface area contributed by atoms with E-state index in [1.807, 2.05) is 11.6 Å². The highest BCUT2D eigenvalue weighted by Gasteiger charge is 2.34. The Labute approximate surface area is 173 Å². The highest BCUT2D eigenvalue weighted by atomic mass is 79.9. The first-order chi connectivity index (χ1) is 13.6. The number of nitrogens with zero attached hydrogens (tertiary/aromatic N) is 5. The number of halogens is 4. The number of amides is 1. The van der Waals surface area contributed by atoms with Crippen LogP contribution in [0.2, 0.25) is 0 Å². The van der Waals surface area contributed by atoms with Crippen molar-refractivity contribution in [3.05, 3.63) is 51.9 Å². The fraction of sp³-hybridized carbons (Fsp3) is 0.316. The van der Waals surface area contributed by atoms with Crippen molar-refractivity contribution in [3.8, 4) is 11.4 Å². The number of anilines is 1. The Morgan fingerprint density at radius 3 is 2.52 bits per heavy atom. The van der Waals surface area contributed by atoms with Gasteiger partial charge in [-0.1, -0.05) is 24.3 Å². The first-order valence-electron chi connectivity index (χ1n) is 8.88. The van der Waals surface area contributed by atoms with Crippen molar-refractivity contribution in [2.75, 3.05) is 4.90 Å². The van der Waals surface area contributed by atoms with E-state index in [9.17, 15) is 18.0 Å². The number of aromatic nitrogens is 4. The van der Waals surface area contributed by atoms with E-state index in [2.05, 4.69) is 26.0 Å². The van der Waals surface area contributed by atoms with E-state index in [1.165, 1.54) is 11.6 Å². The van der Waals surface area contributed by atoms with Crippen LogP contribution in [0.5, 0.6) is 0 Å². The third kappa shape index (κ3) is 3.57. The van der Waals surface area contributed by atoms with Crippen LogP contribution in [-0.4, -0.2) is 25.2 Å². The summed E-state index contributed by atoms with van der Waals surface area (Å²) >= 11 is 3.41. The van der Waals surface area contributed by atoms with Gasteiger partial charge in [0.15, 0.2) is 5.69 Å². The molecule has 0 saturated heterocycles. The van der Waals surface area contributed by atoms with Gasteiger partial charge in [0.2, 0.25) is 5.91 Å². The van der Waals surface area contributed by atoms with Crippen LogP contribution in [0.15, 0.2) is 35.1 Å². The molecule has 0 radical (unpaired) electrons. The molecule has 0 atom stereocenters. The summed E-state index contributed by atoms with van der Waals surface area (Å²) in [5.41, 5.74) is 1.40. The predicted molar refractivity (Wildman–Crippen MR) is 104 cm³/mol. The second-order valence-corrected chi connectivity index (χ2v) is 7.70. The van der Waals surface area contributed by atoms with Crippen molar-refractivity contribution in [1.82, 2.24) is 19.3 Å². The lowest BCUT2D eigenvalue weighted by Crippen LogP contribution is -2.37. The van der Waals surface area contributed by atoms with Crippen LogP contribution in [-0.2, 0) is 31.1 Å². The number of benzene rings is 1. The van der Waals surface area contributed by atoms with Gasteiger partial charge in [0.05, 0.1) is 13.1 Å². The molecule has 1 aliphatic heterocycles. The lowest BCUT2D eigenvalue weighted by Gasteiger charge is -2.28. The number of imidazole rings is 1. The molecule has 10 heteroatoms. The quantitative estimate of drug-likeness (QED) is 0.576. The molecule has 0 spiro atoms. The number of aryl methyl sites for hydroxylation is 2. The fourth-order valence-electron chi connectivity index (χ4n) is 3.44. The molecule has 3 heterocycles. The molecule has 0 unspecified atom stereocenters. The molecule has 0 saturated carbocycles. The number of carbonyl (C=O) groups excluding carboxylic acids is 1.